The highest BCUT2D eigenvalue weighted by Crippen LogP contribution is 2.27. The summed E-state index contributed by atoms with van der Waals surface area (Å²) in [5, 5.41) is 0. The van der Waals surface area contributed by atoms with E-state index in [0.717, 1.165) is 70.8 Å². The number of hydrogen-bond acceptors (Lipinski definition) is 3. The molecule has 0 amide bonds. The Morgan fingerprint density at radius 3 is 1.41 bits per heavy atom. The summed E-state index contributed by atoms with van der Waals surface area (Å²) in [6, 6.07) is 0. The molecule has 1 unspecified atom stereocenters. The molecule has 0 aromatic heterocycles. The van der Waals surface area contributed by atoms with E-state index in [1.807, 2.05) is 0 Å². The normalized spacial score (nSPS) is 13.0. The second-order valence-electron chi connectivity index (χ2n) is 13.5. The molecule has 3 heteroatoms. The highest BCUT2D eigenvalue weighted by Gasteiger charge is 2.24. The molecule has 1 atom stereocenters. The van der Waals surface area contributed by atoms with E-state index in [2.05, 4.69) is 76.2 Å². The lowest BCUT2D eigenvalue weighted by molar-refractivity contribution is -0.153. The third-order valence-corrected chi connectivity index (χ3v) is 8.72. The van der Waals surface area contributed by atoms with Gasteiger partial charge in [0, 0.05) is 6.42 Å². The maximum absolute atomic E-state index is 13.0. The molecule has 44 heavy (non-hydrogen) atoms. The minimum Gasteiger partial charge on any atom is -0.462 e. The van der Waals surface area contributed by atoms with Gasteiger partial charge in [-0.15, -0.1) is 0 Å². The van der Waals surface area contributed by atoms with Crippen LogP contribution in [0.25, 0.3) is 0 Å². The molecule has 0 radical (unpaired) electrons. The molecule has 0 fully saturated rings. The van der Waals surface area contributed by atoms with Crippen molar-refractivity contribution in [1.29, 1.82) is 0 Å². The van der Waals surface area contributed by atoms with Crippen LogP contribution in [0.5, 0.6) is 0 Å². The lowest BCUT2D eigenvalue weighted by Crippen LogP contribution is -2.27. The molecule has 0 saturated heterocycles. The monoisotopic (exact) mass is 616 g/mol. The lowest BCUT2D eigenvalue weighted by atomic mass is 9.87. The number of carbonyl (C=O) groups is 1. The fourth-order valence-electron chi connectivity index (χ4n) is 5.86. The van der Waals surface area contributed by atoms with Gasteiger partial charge in [0.25, 0.3) is 0 Å². The van der Waals surface area contributed by atoms with Crippen molar-refractivity contribution in [1.82, 2.24) is 4.90 Å². The van der Waals surface area contributed by atoms with Gasteiger partial charge in [-0.1, -0.05) is 109 Å². The first-order valence-electron chi connectivity index (χ1n) is 19.3. The second-order valence-corrected chi connectivity index (χ2v) is 13.5. The summed E-state index contributed by atoms with van der Waals surface area (Å²) < 4.78 is 6.35. The molecular formula is C41H77NO2. The van der Waals surface area contributed by atoms with Gasteiger partial charge >= 0.3 is 5.97 Å². The minimum atomic E-state index is 0.0305. The predicted molar refractivity (Wildman–Crippen MR) is 196 cm³/mol. The molecule has 0 aromatic rings. The predicted octanol–water partition coefficient (Wildman–Crippen LogP) is 12.9. The van der Waals surface area contributed by atoms with Gasteiger partial charge in [0.15, 0.2) is 0 Å². The summed E-state index contributed by atoms with van der Waals surface area (Å²) in [5.41, 5.74) is 0. The Labute approximate surface area is 276 Å². The molecule has 3 nitrogen and oxygen atoms in total. The standard InChI is InChI=1S/C41H77NO2/c1-6-9-12-15-18-21-24-27-31-36-40(44-41(43)37-32-28-33-38-42(4)5)39(34-29-25-22-19-16-13-10-7-2)35-30-26-23-20-17-14-11-8-3/h19-24,39-40H,6-18,25-38H2,1-5H3/b22-19-,23-20-,24-21-. The first kappa shape index (κ1) is 42.6. The average Bonchev–Trinajstić information content (AvgIpc) is 3.01. The molecule has 0 N–H and O–H groups in total. The van der Waals surface area contributed by atoms with Crippen molar-refractivity contribution < 1.29 is 9.53 Å². The molecule has 258 valence electrons. The van der Waals surface area contributed by atoms with E-state index in [-0.39, 0.29) is 12.1 Å². The number of ether oxygens (including phenoxy) is 1. The van der Waals surface area contributed by atoms with Crippen molar-refractivity contribution in [3.8, 4) is 0 Å². The van der Waals surface area contributed by atoms with Crippen molar-refractivity contribution in [3.63, 3.8) is 0 Å². The number of hydrogen-bond donors (Lipinski definition) is 0. The van der Waals surface area contributed by atoms with E-state index in [1.165, 1.54) is 96.3 Å². The topological polar surface area (TPSA) is 29.5 Å². The van der Waals surface area contributed by atoms with Crippen molar-refractivity contribution in [2.45, 2.75) is 194 Å². The average molecular weight is 616 g/mol. The molecule has 0 heterocycles. The Hall–Kier alpha value is -1.35. The van der Waals surface area contributed by atoms with Crippen molar-refractivity contribution in [2.75, 3.05) is 20.6 Å². The molecular weight excluding hydrogens is 538 g/mol. The van der Waals surface area contributed by atoms with Crippen LogP contribution in [-0.4, -0.2) is 37.6 Å². The smallest absolute Gasteiger partial charge is 0.306 e. The molecule has 0 bridgehead atoms. The maximum atomic E-state index is 13.0. The molecule has 0 aliphatic heterocycles. The molecule has 0 aliphatic carbocycles. The summed E-state index contributed by atoms with van der Waals surface area (Å²) in [6.07, 6.45) is 45.1. The zero-order valence-electron chi connectivity index (χ0n) is 30.5. The van der Waals surface area contributed by atoms with Gasteiger partial charge in [-0.25, -0.2) is 0 Å². The van der Waals surface area contributed by atoms with Gasteiger partial charge in [0.1, 0.15) is 6.10 Å². The van der Waals surface area contributed by atoms with E-state index < -0.39 is 0 Å². The number of unbranched alkanes of at least 4 members (excludes halogenated alkanes) is 15. The number of esters is 1. The largest absolute Gasteiger partial charge is 0.462 e. The third-order valence-electron chi connectivity index (χ3n) is 8.72. The van der Waals surface area contributed by atoms with E-state index in [4.69, 9.17) is 4.74 Å². The Morgan fingerprint density at radius 2 is 0.932 bits per heavy atom. The zero-order valence-corrected chi connectivity index (χ0v) is 30.5. The van der Waals surface area contributed by atoms with Gasteiger partial charge in [0.05, 0.1) is 0 Å². The molecule has 0 aromatic carbocycles. The minimum absolute atomic E-state index is 0.0305. The third kappa shape index (κ3) is 30.7. The second kappa shape index (κ2) is 34.5. The summed E-state index contributed by atoms with van der Waals surface area (Å²) in [4.78, 5) is 15.3. The van der Waals surface area contributed by atoms with E-state index >= 15 is 0 Å². The van der Waals surface area contributed by atoms with Crippen molar-refractivity contribution >= 4 is 5.97 Å². The Kier molecular flexibility index (Phi) is 33.5. The number of allylic oxidation sites excluding steroid dienone is 6. The molecule has 0 aliphatic rings. The van der Waals surface area contributed by atoms with E-state index in [0.29, 0.717) is 12.3 Å². The lowest BCUT2D eigenvalue weighted by Gasteiger charge is -2.27. The number of carbonyl (C=O) groups excluding carboxylic acids is 1. The van der Waals surface area contributed by atoms with Crippen LogP contribution in [0.2, 0.25) is 0 Å². The SMILES string of the molecule is CCCCC/C=C\CCCC(CCC/C=C\CCCCC)C(CCC/C=C\CCCCCC)OC(=O)CCCCCN(C)C. The zero-order chi connectivity index (χ0) is 32.4. The van der Waals surface area contributed by atoms with Crippen LogP contribution < -0.4 is 0 Å². The number of rotatable bonds is 33. The summed E-state index contributed by atoms with van der Waals surface area (Å²) in [6.45, 7) is 7.90. The highest BCUT2D eigenvalue weighted by atomic mass is 16.5. The van der Waals surface area contributed by atoms with Crippen LogP contribution in [0.3, 0.4) is 0 Å². The Bertz CT molecular complexity index is 654. The molecule has 0 spiro atoms. The van der Waals surface area contributed by atoms with Gasteiger partial charge < -0.3 is 9.64 Å². The van der Waals surface area contributed by atoms with Crippen LogP contribution in [0.4, 0.5) is 0 Å². The fraction of sp³-hybridized carbons (Fsp3) is 0.829. The quantitative estimate of drug-likeness (QED) is 0.0418. The molecule has 0 saturated carbocycles. The van der Waals surface area contributed by atoms with Crippen LogP contribution in [0.1, 0.15) is 188 Å². The van der Waals surface area contributed by atoms with Crippen LogP contribution in [0, 0.1) is 5.92 Å². The maximum Gasteiger partial charge on any atom is 0.306 e. The van der Waals surface area contributed by atoms with Gasteiger partial charge in [-0.3, -0.25) is 4.79 Å². The first-order chi connectivity index (χ1) is 21.5. The summed E-state index contributed by atoms with van der Waals surface area (Å²) in [7, 11) is 4.23. The van der Waals surface area contributed by atoms with Crippen LogP contribution >= 0.6 is 0 Å². The van der Waals surface area contributed by atoms with Crippen LogP contribution in [-0.2, 0) is 9.53 Å². The van der Waals surface area contributed by atoms with Crippen molar-refractivity contribution in [3.05, 3.63) is 36.5 Å². The van der Waals surface area contributed by atoms with Gasteiger partial charge in [-0.2, -0.15) is 0 Å². The summed E-state index contributed by atoms with van der Waals surface area (Å²) in [5.74, 6) is 0.496. The summed E-state index contributed by atoms with van der Waals surface area (Å²) >= 11 is 0. The van der Waals surface area contributed by atoms with Crippen molar-refractivity contribution in [2.24, 2.45) is 5.92 Å². The van der Waals surface area contributed by atoms with Crippen LogP contribution in [0.15, 0.2) is 36.5 Å². The Balaban J connectivity index is 5.14. The van der Waals surface area contributed by atoms with E-state index in [1.54, 1.807) is 0 Å². The van der Waals surface area contributed by atoms with Gasteiger partial charge in [0.2, 0.25) is 0 Å². The van der Waals surface area contributed by atoms with Gasteiger partial charge in [-0.05, 0) is 136 Å². The fourth-order valence-corrected chi connectivity index (χ4v) is 5.86. The Morgan fingerprint density at radius 1 is 0.523 bits per heavy atom. The number of nitrogens with zero attached hydrogens (tertiary/aromatic N) is 1. The molecule has 0 rings (SSSR count). The highest BCUT2D eigenvalue weighted by molar-refractivity contribution is 5.69. The van der Waals surface area contributed by atoms with E-state index in [9.17, 15) is 4.79 Å². The first-order valence-corrected chi connectivity index (χ1v) is 19.3.